The van der Waals surface area contributed by atoms with E-state index in [0.29, 0.717) is 11.8 Å². The van der Waals surface area contributed by atoms with Gasteiger partial charge >= 0.3 is 0 Å². The first kappa shape index (κ1) is 18.5. The van der Waals surface area contributed by atoms with Gasteiger partial charge in [0.1, 0.15) is 23.7 Å². The zero-order valence-corrected chi connectivity index (χ0v) is 16.9. The molecule has 5 rings (SSSR count). The molecule has 0 bridgehead atoms. The fourth-order valence-corrected chi connectivity index (χ4v) is 5.14. The molecule has 154 valence electrons. The van der Waals surface area contributed by atoms with E-state index >= 15 is 0 Å². The molecule has 1 aliphatic heterocycles. The van der Waals surface area contributed by atoms with Crippen molar-refractivity contribution in [3.05, 3.63) is 36.4 Å². The number of benzene rings is 1. The second kappa shape index (κ2) is 7.35. The summed E-state index contributed by atoms with van der Waals surface area (Å²) >= 11 is 0. The first-order chi connectivity index (χ1) is 14.2. The molecule has 2 aromatic rings. The number of carbonyl (C=O) groups excluding carboxylic acids is 1. The predicted octanol–water partition coefficient (Wildman–Crippen LogP) is 3.19. The maximum Gasteiger partial charge on any atom is 0.260 e. The van der Waals surface area contributed by atoms with Crippen LogP contribution in [0.5, 0.6) is 11.5 Å². The number of methoxy groups -OCH3 is 1. The van der Waals surface area contributed by atoms with E-state index in [2.05, 4.69) is 14.8 Å². The van der Waals surface area contributed by atoms with Crippen LogP contribution >= 0.6 is 0 Å². The van der Waals surface area contributed by atoms with Gasteiger partial charge in [0.15, 0.2) is 6.61 Å². The van der Waals surface area contributed by atoms with Crippen LogP contribution in [0.4, 0.5) is 0 Å². The van der Waals surface area contributed by atoms with Gasteiger partial charge in [-0.25, -0.2) is 0 Å². The average Bonchev–Trinajstić information content (AvgIpc) is 3.16. The van der Waals surface area contributed by atoms with Gasteiger partial charge in [-0.05, 0) is 55.4 Å². The highest BCUT2D eigenvalue weighted by atomic mass is 16.5. The van der Waals surface area contributed by atoms with Crippen molar-refractivity contribution in [3.8, 4) is 11.5 Å². The Morgan fingerprint density at radius 3 is 2.59 bits per heavy atom. The zero-order valence-electron chi connectivity index (χ0n) is 16.9. The van der Waals surface area contributed by atoms with Crippen LogP contribution in [0.2, 0.25) is 0 Å². The van der Waals surface area contributed by atoms with E-state index in [-0.39, 0.29) is 23.8 Å². The van der Waals surface area contributed by atoms with E-state index in [4.69, 9.17) is 9.47 Å². The molecule has 1 aromatic heterocycles. The number of likely N-dealkylation sites (tertiary alicyclic amines) is 1. The monoisotopic (exact) mass is 396 g/mol. The third kappa shape index (κ3) is 3.47. The second-order valence-corrected chi connectivity index (χ2v) is 8.69. The third-order valence-electron chi connectivity index (χ3n) is 6.87. The summed E-state index contributed by atoms with van der Waals surface area (Å²) in [5.41, 5.74) is 0.148. The maximum atomic E-state index is 13.0. The van der Waals surface area contributed by atoms with Crippen LogP contribution in [-0.2, 0) is 4.79 Å². The van der Waals surface area contributed by atoms with Crippen molar-refractivity contribution in [3.63, 3.8) is 0 Å². The smallest absolute Gasteiger partial charge is 0.260 e. The average molecular weight is 396 g/mol. The highest BCUT2D eigenvalue weighted by Gasteiger charge is 2.52. The Kier molecular flexibility index (Phi) is 4.68. The van der Waals surface area contributed by atoms with E-state index in [0.717, 1.165) is 37.5 Å². The predicted molar refractivity (Wildman–Crippen MR) is 107 cm³/mol. The number of ether oxygens (including phenoxy) is 2. The van der Waals surface area contributed by atoms with Crippen molar-refractivity contribution in [2.75, 3.05) is 26.8 Å². The van der Waals surface area contributed by atoms with E-state index < -0.39 is 0 Å². The Morgan fingerprint density at radius 2 is 1.90 bits per heavy atom. The van der Waals surface area contributed by atoms with Gasteiger partial charge in [-0.1, -0.05) is 12.8 Å². The van der Waals surface area contributed by atoms with Gasteiger partial charge in [-0.2, -0.15) is 0 Å². The SMILES string of the molecule is COc1ccc(OCC(=O)N2CC(c3nncn3C3CC3)C3(CCCC3)C2)cc1. The molecule has 29 heavy (non-hydrogen) atoms. The summed E-state index contributed by atoms with van der Waals surface area (Å²) in [6.07, 6.45) is 9.10. The molecule has 1 atom stereocenters. The zero-order chi connectivity index (χ0) is 19.8. The second-order valence-electron chi connectivity index (χ2n) is 8.69. The summed E-state index contributed by atoms with van der Waals surface area (Å²) in [5, 5.41) is 8.73. The van der Waals surface area contributed by atoms with Crippen LogP contribution in [0.3, 0.4) is 0 Å². The molecule has 2 heterocycles. The third-order valence-corrected chi connectivity index (χ3v) is 6.87. The molecule has 0 radical (unpaired) electrons. The molecule has 7 heteroatoms. The van der Waals surface area contributed by atoms with E-state index in [9.17, 15) is 4.79 Å². The normalized spacial score (nSPS) is 22.9. The summed E-state index contributed by atoms with van der Waals surface area (Å²) < 4.78 is 13.2. The van der Waals surface area contributed by atoms with Crippen molar-refractivity contribution in [1.82, 2.24) is 19.7 Å². The molecule has 1 aromatic carbocycles. The van der Waals surface area contributed by atoms with E-state index in [1.807, 2.05) is 35.5 Å². The summed E-state index contributed by atoms with van der Waals surface area (Å²) in [6.45, 7) is 1.58. The standard InChI is InChI=1S/C22H28N4O3/c1-28-17-6-8-18(9-7-17)29-13-20(27)25-12-19(22(14-25)10-2-3-11-22)21-24-23-15-26(21)16-4-5-16/h6-9,15-16,19H,2-5,10-14H2,1H3. The van der Waals surface area contributed by atoms with E-state index in [1.54, 1.807) is 7.11 Å². The van der Waals surface area contributed by atoms with Crippen molar-refractivity contribution in [2.24, 2.45) is 5.41 Å². The van der Waals surface area contributed by atoms with Gasteiger partial charge in [0.2, 0.25) is 0 Å². The first-order valence-electron chi connectivity index (χ1n) is 10.6. The number of hydrogen-bond donors (Lipinski definition) is 0. The van der Waals surface area contributed by atoms with Gasteiger partial charge in [-0.15, -0.1) is 10.2 Å². The lowest BCUT2D eigenvalue weighted by atomic mass is 9.76. The molecular formula is C22H28N4O3. The van der Waals surface area contributed by atoms with Crippen LogP contribution in [0.25, 0.3) is 0 Å². The minimum absolute atomic E-state index is 0.0482. The fraction of sp³-hybridized carbons (Fsp3) is 0.591. The Bertz CT molecular complexity index is 868. The summed E-state index contributed by atoms with van der Waals surface area (Å²) in [5.74, 6) is 2.86. The molecule has 3 aliphatic rings. The Balaban J connectivity index is 1.29. The quantitative estimate of drug-likeness (QED) is 0.750. The van der Waals surface area contributed by atoms with Crippen molar-refractivity contribution >= 4 is 5.91 Å². The van der Waals surface area contributed by atoms with Crippen LogP contribution in [0.15, 0.2) is 30.6 Å². The highest BCUT2D eigenvalue weighted by molar-refractivity contribution is 5.78. The lowest BCUT2D eigenvalue weighted by Gasteiger charge is -2.29. The van der Waals surface area contributed by atoms with Crippen LogP contribution in [0, 0.1) is 5.41 Å². The summed E-state index contributed by atoms with van der Waals surface area (Å²) in [4.78, 5) is 15.0. The maximum absolute atomic E-state index is 13.0. The molecular weight excluding hydrogens is 368 g/mol. The van der Waals surface area contributed by atoms with Gasteiger partial charge in [-0.3, -0.25) is 4.79 Å². The molecule has 1 amide bonds. The molecule has 0 N–H and O–H groups in total. The van der Waals surface area contributed by atoms with Gasteiger partial charge in [0.05, 0.1) is 7.11 Å². The molecule has 3 fully saturated rings. The number of rotatable bonds is 6. The molecule has 1 unspecified atom stereocenters. The van der Waals surface area contributed by atoms with Gasteiger partial charge in [0.25, 0.3) is 5.91 Å². The summed E-state index contributed by atoms with van der Waals surface area (Å²) in [6, 6.07) is 7.89. The first-order valence-corrected chi connectivity index (χ1v) is 10.6. The molecule has 7 nitrogen and oxygen atoms in total. The lowest BCUT2D eigenvalue weighted by molar-refractivity contribution is -0.132. The number of nitrogens with zero attached hydrogens (tertiary/aromatic N) is 4. The number of amides is 1. The van der Waals surface area contributed by atoms with Crippen molar-refractivity contribution in [1.29, 1.82) is 0 Å². The lowest BCUT2D eigenvalue weighted by Crippen LogP contribution is -2.34. The van der Waals surface area contributed by atoms with Crippen molar-refractivity contribution in [2.45, 2.75) is 50.5 Å². The largest absolute Gasteiger partial charge is 0.497 e. The van der Waals surface area contributed by atoms with Gasteiger partial charge < -0.3 is 18.9 Å². The highest BCUT2D eigenvalue weighted by Crippen LogP contribution is 2.53. The van der Waals surface area contributed by atoms with Crippen LogP contribution in [0.1, 0.15) is 56.3 Å². The molecule has 2 aliphatic carbocycles. The molecule has 1 saturated heterocycles. The van der Waals surface area contributed by atoms with Crippen LogP contribution in [-0.4, -0.2) is 52.4 Å². The summed E-state index contributed by atoms with van der Waals surface area (Å²) in [7, 11) is 1.63. The fourth-order valence-electron chi connectivity index (χ4n) is 5.14. The van der Waals surface area contributed by atoms with E-state index in [1.165, 1.54) is 25.7 Å². The van der Waals surface area contributed by atoms with Gasteiger partial charge in [0, 0.05) is 25.0 Å². The number of carbonyl (C=O) groups is 1. The topological polar surface area (TPSA) is 69.5 Å². The number of aromatic nitrogens is 3. The molecule has 1 spiro atoms. The minimum atomic E-state index is 0.0482. The minimum Gasteiger partial charge on any atom is -0.497 e. The Hall–Kier alpha value is -2.57. The molecule has 2 saturated carbocycles. The van der Waals surface area contributed by atoms with Crippen molar-refractivity contribution < 1.29 is 14.3 Å². The Labute approximate surface area is 171 Å². The van der Waals surface area contributed by atoms with Crippen LogP contribution < -0.4 is 9.47 Å². The Morgan fingerprint density at radius 1 is 1.17 bits per heavy atom. The number of hydrogen-bond acceptors (Lipinski definition) is 5.